The molecule has 0 N–H and O–H groups in total. The summed E-state index contributed by atoms with van der Waals surface area (Å²) in [4.78, 5) is 25.5. The van der Waals surface area contributed by atoms with E-state index in [1.807, 2.05) is 40.6 Å². The summed E-state index contributed by atoms with van der Waals surface area (Å²) in [6.45, 7) is 9.50. The Morgan fingerprint density at radius 3 is 2.48 bits per heavy atom. The van der Waals surface area contributed by atoms with Crippen LogP contribution >= 0.6 is 11.3 Å². The second-order valence-corrected chi connectivity index (χ2v) is 8.57. The van der Waals surface area contributed by atoms with Gasteiger partial charge in [0.2, 0.25) is 17.6 Å². The molecule has 3 heterocycles. The van der Waals surface area contributed by atoms with Gasteiger partial charge in [-0.15, -0.1) is 11.3 Å². The van der Waals surface area contributed by atoms with Crippen molar-refractivity contribution < 1.29 is 9.32 Å². The number of rotatable bonds is 8. The maximum atomic E-state index is 13.5. The molecule has 0 radical (unpaired) electrons. The van der Waals surface area contributed by atoms with Crippen LogP contribution in [-0.4, -0.2) is 70.0 Å². The Hall–Kier alpha value is -2.55. The van der Waals surface area contributed by atoms with Crippen LogP contribution in [0.4, 0.5) is 0 Å². The lowest BCUT2D eigenvalue weighted by Crippen LogP contribution is -2.51. The molecule has 1 aliphatic rings. The molecule has 1 unspecified atom stereocenters. The lowest BCUT2D eigenvalue weighted by molar-refractivity contribution is -0.139. The van der Waals surface area contributed by atoms with E-state index in [0.717, 1.165) is 36.6 Å². The first-order chi connectivity index (χ1) is 15.2. The first-order valence-corrected chi connectivity index (χ1v) is 11.7. The third-order valence-electron chi connectivity index (χ3n) is 5.78. The van der Waals surface area contributed by atoms with Crippen molar-refractivity contribution in [3.8, 4) is 10.7 Å². The second-order valence-electron chi connectivity index (χ2n) is 7.62. The molecule has 1 amide bonds. The normalized spacial score (nSPS) is 16.0. The van der Waals surface area contributed by atoms with Crippen molar-refractivity contribution in [2.75, 3.05) is 39.3 Å². The number of piperazine rings is 1. The van der Waals surface area contributed by atoms with Crippen LogP contribution in [0.25, 0.3) is 10.7 Å². The summed E-state index contributed by atoms with van der Waals surface area (Å²) in [5.41, 5.74) is 1.06. The quantitative estimate of drug-likeness (QED) is 0.535. The Balaban J connectivity index is 1.37. The lowest BCUT2D eigenvalue weighted by Gasteiger charge is -2.38. The molecule has 0 spiro atoms. The molecule has 1 aliphatic heterocycles. The van der Waals surface area contributed by atoms with Gasteiger partial charge in [-0.3, -0.25) is 14.6 Å². The van der Waals surface area contributed by atoms with Gasteiger partial charge in [0, 0.05) is 26.2 Å². The van der Waals surface area contributed by atoms with Crippen LogP contribution in [0.1, 0.15) is 31.3 Å². The minimum absolute atomic E-state index is 0.187. The second kappa shape index (κ2) is 10.2. The van der Waals surface area contributed by atoms with Crippen LogP contribution in [0, 0.1) is 0 Å². The number of benzene rings is 1. The van der Waals surface area contributed by atoms with Crippen molar-refractivity contribution in [1.82, 2.24) is 24.8 Å². The van der Waals surface area contributed by atoms with Gasteiger partial charge in [0.25, 0.3) is 0 Å². The number of aromatic nitrogens is 2. The van der Waals surface area contributed by atoms with E-state index in [-0.39, 0.29) is 11.9 Å². The van der Waals surface area contributed by atoms with Crippen molar-refractivity contribution in [2.45, 2.75) is 26.4 Å². The first-order valence-electron chi connectivity index (χ1n) is 10.9. The molecule has 8 heteroatoms. The highest BCUT2D eigenvalue weighted by Gasteiger charge is 2.32. The van der Waals surface area contributed by atoms with Gasteiger partial charge in [-0.25, -0.2) is 0 Å². The monoisotopic (exact) mass is 439 g/mol. The van der Waals surface area contributed by atoms with Crippen molar-refractivity contribution in [2.24, 2.45) is 0 Å². The maximum absolute atomic E-state index is 13.5. The highest BCUT2D eigenvalue weighted by molar-refractivity contribution is 7.13. The predicted octanol–water partition coefficient (Wildman–Crippen LogP) is 3.53. The van der Waals surface area contributed by atoms with E-state index in [4.69, 9.17) is 4.52 Å². The van der Waals surface area contributed by atoms with Crippen molar-refractivity contribution in [1.29, 1.82) is 0 Å². The van der Waals surface area contributed by atoms with E-state index in [1.165, 1.54) is 0 Å². The fourth-order valence-electron chi connectivity index (χ4n) is 4.05. The number of carbonyl (C=O) groups excluding carboxylic acids is 1. The number of hydrogen-bond donors (Lipinski definition) is 0. The Kier molecular flexibility index (Phi) is 7.11. The zero-order chi connectivity index (χ0) is 21.6. The van der Waals surface area contributed by atoms with Gasteiger partial charge in [0.1, 0.15) is 6.04 Å². The molecular formula is C23H29N5O2S. The molecule has 31 heavy (non-hydrogen) atoms. The molecule has 164 valence electrons. The van der Waals surface area contributed by atoms with Crippen molar-refractivity contribution in [3.63, 3.8) is 0 Å². The summed E-state index contributed by atoms with van der Waals surface area (Å²) in [6.07, 6.45) is 0. The average molecular weight is 440 g/mol. The Morgan fingerprint density at radius 1 is 1.10 bits per heavy atom. The smallest absolute Gasteiger partial charge is 0.244 e. The summed E-state index contributed by atoms with van der Waals surface area (Å²) < 4.78 is 5.44. The molecule has 4 rings (SSSR count). The molecule has 0 saturated carbocycles. The van der Waals surface area contributed by atoms with E-state index in [1.54, 1.807) is 11.3 Å². The average Bonchev–Trinajstić information content (AvgIpc) is 3.50. The number of hydrogen-bond acceptors (Lipinski definition) is 7. The molecule has 3 aromatic rings. The van der Waals surface area contributed by atoms with Gasteiger partial charge in [-0.05, 0) is 30.1 Å². The Morgan fingerprint density at radius 2 is 1.84 bits per heavy atom. The highest BCUT2D eigenvalue weighted by atomic mass is 32.1. The van der Waals surface area contributed by atoms with E-state index < -0.39 is 0 Å². The van der Waals surface area contributed by atoms with Gasteiger partial charge >= 0.3 is 0 Å². The standard InChI is InChI=1S/C23H29N5O2S/c1-3-27(4-2)21(18-9-6-5-7-10-18)23(29)28-14-12-26(13-15-28)17-20-24-22(25-30-20)19-11-8-16-31-19/h5-11,16,21H,3-4,12-15,17H2,1-2H3. The first kappa shape index (κ1) is 21.7. The van der Waals surface area contributed by atoms with Gasteiger partial charge in [-0.1, -0.05) is 55.4 Å². The van der Waals surface area contributed by atoms with Crippen LogP contribution in [0.2, 0.25) is 0 Å². The molecular weight excluding hydrogens is 410 g/mol. The number of nitrogens with zero attached hydrogens (tertiary/aromatic N) is 5. The molecule has 0 bridgehead atoms. The zero-order valence-electron chi connectivity index (χ0n) is 18.1. The third kappa shape index (κ3) is 5.03. The highest BCUT2D eigenvalue weighted by Crippen LogP contribution is 2.25. The summed E-state index contributed by atoms with van der Waals surface area (Å²) in [6, 6.07) is 13.9. The predicted molar refractivity (Wildman–Crippen MR) is 122 cm³/mol. The van der Waals surface area contributed by atoms with Crippen molar-refractivity contribution >= 4 is 17.2 Å². The summed E-state index contributed by atoms with van der Waals surface area (Å²) >= 11 is 1.60. The topological polar surface area (TPSA) is 65.7 Å². The molecule has 2 aromatic heterocycles. The van der Waals surface area contributed by atoms with Crippen LogP contribution in [-0.2, 0) is 11.3 Å². The molecule has 7 nitrogen and oxygen atoms in total. The largest absolute Gasteiger partial charge is 0.338 e. The Bertz CT molecular complexity index is 948. The summed E-state index contributed by atoms with van der Waals surface area (Å²) in [5.74, 6) is 1.45. The molecule has 1 fully saturated rings. The number of carbonyl (C=O) groups is 1. The number of amides is 1. The summed E-state index contributed by atoms with van der Waals surface area (Å²) in [5, 5.41) is 6.09. The fraction of sp³-hybridized carbons (Fsp3) is 0.435. The zero-order valence-corrected chi connectivity index (χ0v) is 18.9. The fourth-order valence-corrected chi connectivity index (χ4v) is 4.70. The van der Waals surface area contributed by atoms with Crippen LogP contribution < -0.4 is 0 Å². The van der Waals surface area contributed by atoms with E-state index in [0.29, 0.717) is 31.3 Å². The minimum Gasteiger partial charge on any atom is -0.338 e. The van der Waals surface area contributed by atoms with E-state index in [9.17, 15) is 4.79 Å². The minimum atomic E-state index is -0.230. The van der Waals surface area contributed by atoms with Crippen LogP contribution in [0.15, 0.2) is 52.4 Å². The van der Waals surface area contributed by atoms with E-state index >= 15 is 0 Å². The van der Waals surface area contributed by atoms with Gasteiger partial charge in [-0.2, -0.15) is 4.98 Å². The molecule has 1 saturated heterocycles. The molecule has 1 aromatic carbocycles. The SMILES string of the molecule is CCN(CC)C(C(=O)N1CCN(Cc2nc(-c3cccs3)no2)CC1)c1ccccc1. The Labute approximate surface area is 187 Å². The third-order valence-corrected chi connectivity index (χ3v) is 6.65. The van der Waals surface area contributed by atoms with Gasteiger partial charge in [0.15, 0.2) is 0 Å². The van der Waals surface area contributed by atoms with Crippen LogP contribution in [0.5, 0.6) is 0 Å². The van der Waals surface area contributed by atoms with E-state index in [2.05, 4.69) is 45.9 Å². The summed E-state index contributed by atoms with van der Waals surface area (Å²) in [7, 11) is 0. The number of likely N-dealkylation sites (N-methyl/N-ethyl adjacent to an activating group) is 1. The molecule has 0 aliphatic carbocycles. The maximum Gasteiger partial charge on any atom is 0.244 e. The lowest BCUT2D eigenvalue weighted by atomic mass is 10.0. The van der Waals surface area contributed by atoms with Crippen LogP contribution in [0.3, 0.4) is 0 Å². The van der Waals surface area contributed by atoms with Crippen molar-refractivity contribution in [3.05, 3.63) is 59.3 Å². The van der Waals surface area contributed by atoms with Gasteiger partial charge < -0.3 is 9.42 Å². The number of thiophene rings is 1. The van der Waals surface area contributed by atoms with Gasteiger partial charge in [0.05, 0.1) is 11.4 Å². The molecule has 1 atom stereocenters.